The molecule has 2 unspecified atom stereocenters. The quantitative estimate of drug-likeness (QED) is 0.849. The predicted molar refractivity (Wildman–Crippen MR) is 64.2 cm³/mol. The van der Waals surface area contributed by atoms with Crippen molar-refractivity contribution < 1.29 is 9.90 Å². The normalized spacial score (nSPS) is 22.9. The number of carbonyl (C=O) groups is 1. The lowest BCUT2D eigenvalue weighted by Crippen LogP contribution is -2.09. The third-order valence-electron chi connectivity index (χ3n) is 3.06. The lowest BCUT2D eigenvalue weighted by molar-refractivity contribution is 0.0698. The standard InChI is InChI=1S/C12H14ClNO2/c1-7-5-8(7)6-14-10-4-2-3-9(13)11(10)12(15)16/h2-4,7-8,14H,5-6H2,1H3,(H,15,16). The van der Waals surface area contributed by atoms with Gasteiger partial charge in [0.05, 0.1) is 10.7 Å². The second-order valence-corrected chi connectivity index (χ2v) is 4.73. The Labute approximate surface area is 99.4 Å². The zero-order valence-corrected chi connectivity index (χ0v) is 9.79. The molecule has 1 fully saturated rings. The maximum Gasteiger partial charge on any atom is 0.339 e. The first-order valence-electron chi connectivity index (χ1n) is 5.35. The van der Waals surface area contributed by atoms with Gasteiger partial charge in [-0.05, 0) is 30.4 Å². The van der Waals surface area contributed by atoms with E-state index in [4.69, 9.17) is 16.7 Å². The average Bonchev–Trinajstić information content (AvgIpc) is 2.91. The van der Waals surface area contributed by atoms with Crippen LogP contribution in [0, 0.1) is 11.8 Å². The largest absolute Gasteiger partial charge is 0.478 e. The Morgan fingerprint density at radius 2 is 2.31 bits per heavy atom. The first-order chi connectivity index (χ1) is 7.59. The van der Waals surface area contributed by atoms with Gasteiger partial charge in [0.15, 0.2) is 0 Å². The number of carboxylic acid groups (broad SMARTS) is 1. The molecule has 1 aliphatic rings. The number of hydrogen-bond donors (Lipinski definition) is 2. The molecule has 2 N–H and O–H groups in total. The van der Waals surface area contributed by atoms with Gasteiger partial charge in [-0.3, -0.25) is 0 Å². The van der Waals surface area contributed by atoms with E-state index in [-0.39, 0.29) is 10.6 Å². The van der Waals surface area contributed by atoms with E-state index in [0.29, 0.717) is 11.6 Å². The Kier molecular flexibility index (Phi) is 3.06. The summed E-state index contributed by atoms with van der Waals surface area (Å²) in [5.74, 6) is 0.428. The van der Waals surface area contributed by atoms with E-state index in [0.717, 1.165) is 12.5 Å². The van der Waals surface area contributed by atoms with Crippen molar-refractivity contribution in [1.29, 1.82) is 0 Å². The molecule has 1 aromatic rings. The Bertz CT molecular complexity index is 419. The molecule has 1 aromatic carbocycles. The molecule has 4 heteroatoms. The van der Waals surface area contributed by atoms with Gasteiger partial charge in [0, 0.05) is 6.54 Å². The minimum Gasteiger partial charge on any atom is -0.478 e. The Hall–Kier alpha value is -1.22. The number of anilines is 1. The van der Waals surface area contributed by atoms with Gasteiger partial charge in [0.1, 0.15) is 5.56 Å². The van der Waals surface area contributed by atoms with Crippen LogP contribution in [0.3, 0.4) is 0 Å². The number of halogens is 1. The van der Waals surface area contributed by atoms with Gasteiger partial charge >= 0.3 is 5.97 Å². The van der Waals surface area contributed by atoms with Crippen LogP contribution in [-0.4, -0.2) is 17.6 Å². The molecule has 16 heavy (non-hydrogen) atoms. The average molecular weight is 240 g/mol. The van der Waals surface area contributed by atoms with Crippen LogP contribution in [0.2, 0.25) is 5.02 Å². The molecule has 0 amide bonds. The fourth-order valence-electron chi connectivity index (χ4n) is 1.81. The summed E-state index contributed by atoms with van der Waals surface area (Å²) in [4.78, 5) is 11.0. The maximum absolute atomic E-state index is 11.0. The summed E-state index contributed by atoms with van der Waals surface area (Å²) >= 11 is 5.86. The van der Waals surface area contributed by atoms with Crippen molar-refractivity contribution in [3.63, 3.8) is 0 Å². The molecule has 2 atom stereocenters. The van der Waals surface area contributed by atoms with Gasteiger partial charge in [-0.2, -0.15) is 0 Å². The van der Waals surface area contributed by atoms with E-state index in [2.05, 4.69) is 12.2 Å². The summed E-state index contributed by atoms with van der Waals surface area (Å²) in [5, 5.41) is 12.5. The lowest BCUT2D eigenvalue weighted by atomic mass is 10.1. The van der Waals surface area contributed by atoms with Crippen molar-refractivity contribution in [2.24, 2.45) is 11.8 Å². The third-order valence-corrected chi connectivity index (χ3v) is 3.37. The fourth-order valence-corrected chi connectivity index (χ4v) is 2.07. The monoisotopic (exact) mass is 239 g/mol. The van der Waals surface area contributed by atoms with E-state index in [9.17, 15) is 4.79 Å². The van der Waals surface area contributed by atoms with Crippen molar-refractivity contribution in [1.82, 2.24) is 0 Å². The first kappa shape index (κ1) is 11.3. The van der Waals surface area contributed by atoms with Crippen LogP contribution < -0.4 is 5.32 Å². The SMILES string of the molecule is CC1CC1CNc1cccc(Cl)c1C(=O)O. The van der Waals surface area contributed by atoms with E-state index < -0.39 is 5.97 Å². The number of hydrogen-bond acceptors (Lipinski definition) is 2. The second-order valence-electron chi connectivity index (χ2n) is 4.32. The molecule has 0 aromatic heterocycles. The Morgan fingerprint density at radius 3 is 2.88 bits per heavy atom. The number of nitrogens with one attached hydrogen (secondary N) is 1. The predicted octanol–water partition coefficient (Wildman–Crippen LogP) is 3.11. The zero-order valence-electron chi connectivity index (χ0n) is 9.03. The molecule has 0 spiro atoms. The van der Waals surface area contributed by atoms with Crippen LogP contribution in [0.4, 0.5) is 5.69 Å². The fraction of sp³-hybridized carbons (Fsp3) is 0.417. The topological polar surface area (TPSA) is 49.3 Å². The highest BCUT2D eigenvalue weighted by molar-refractivity contribution is 6.34. The van der Waals surface area contributed by atoms with Crippen molar-refractivity contribution >= 4 is 23.3 Å². The molecule has 0 aliphatic heterocycles. The molecule has 3 nitrogen and oxygen atoms in total. The molecule has 1 aliphatic carbocycles. The van der Waals surface area contributed by atoms with Crippen LogP contribution in [0.1, 0.15) is 23.7 Å². The summed E-state index contributed by atoms with van der Waals surface area (Å²) in [6.45, 7) is 3.02. The highest BCUT2D eigenvalue weighted by Gasteiger charge is 2.32. The van der Waals surface area contributed by atoms with E-state index >= 15 is 0 Å². The molecule has 0 saturated heterocycles. The van der Waals surface area contributed by atoms with E-state index in [1.54, 1.807) is 18.2 Å². The molecule has 86 valence electrons. The highest BCUT2D eigenvalue weighted by atomic mass is 35.5. The maximum atomic E-state index is 11.0. The van der Waals surface area contributed by atoms with Crippen LogP contribution in [0.15, 0.2) is 18.2 Å². The van der Waals surface area contributed by atoms with Crippen molar-refractivity contribution in [3.05, 3.63) is 28.8 Å². The summed E-state index contributed by atoms with van der Waals surface area (Å²) < 4.78 is 0. The summed E-state index contributed by atoms with van der Waals surface area (Å²) in [6, 6.07) is 5.10. The molecular weight excluding hydrogens is 226 g/mol. The first-order valence-corrected chi connectivity index (χ1v) is 5.73. The Balaban J connectivity index is 2.12. The van der Waals surface area contributed by atoms with E-state index in [1.807, 2.05) is 0 Å². The summed E-state index contributed by atoms with van der Waals surface area (Å²) in [5.41, 5.74) is 0.775. The molecular formula is C12H14ClNO2. The second kappa shape index (κ2) is 4.34. The highest BCUT2D eigenvalue weighted by Crippen LogP contribution is 2.38. The molecule has 0 radical (unpaired) electrons. The van der Waals surface area contributed by atoms with Crippen LogP contribution >= 0.6 is 11.6 Å². The van der Waals surface area contributed by atoms with Gasteiger partial charge in [-0.15, -0.1) is 0 Å². The molecule has 0 bridgehead atoms. The van der Waals surface area contributed by atoms with Crippen LogP contribution in [-0.2, 0) is 0 Å². The van der Waals surface area contributed by atoms with Crippen LogP contribution in [0.25, 0.3) is 0 Å². The minimum atomic E-state index is -0.989. The Morgan fingerprint density at radius 1 is 1.62 bits per heavy atom. The molecule has 1 saturated carbocycles. The number of benzene rings is 1. The number of aromatic carboxylic acids is 1. The van der Waals surface area contributed by atoms with Gasteiger partial charge in [0.2, 0.25) is 0 Å². The molecule has 0 heterocycles. The van der Waals surface area contributed by atoms with Gasteiger partial charge in [0.25, 0.3) is 0 Å². The third kappa shape index (κ3) is 2.30. The number of rotatable bonds is 4. The van der Waals surface area contributed by atoms with Gasteiger partial charge in [-0.1, -0.05) is 24.6 Å². The van der Waals surface area contributed by atoms with Crippen LogP contribution in [0.5, 0.6) is 0 Å². The number of carboxylic acids is 1. The minimum absolute atomic E-state index is 0.164. The van der Waals surface area contributed by atoms with E-state index in [1.165, 1.54) is 6.42 Å². The lowest BCUT2D eigenvalue weighted by Gasteiger charge is -2.10. The zero-order chi connectivity index (χ0) is 11.7. The smallest absolute Gasteiger partial charge is 0.339 e. The van der Waals surface area contributed by atoms with Gasteiger partial charge in [-0.25, -0.2) is 4.79 Å². The summed E-state index contributed by atoms with van der Waals surface area (Å²) in [6.07, 6.45) is 1.22. The van der Waals surface area contributed by atoms with Crippen molar-refractivity contribution in [2.75, 3.05) is 11.9 Å². The summed E-state index contributed by atoms with van der Waals surface area (Å²) in [7, 11) is 0. The van der Waals surface area contributed by atoms with Crippen molar-refractivity contribution in [3.8, 4) is 0 Å². The van der Waals surface area contributed by atoms with Crippen molar-refractivity contribution in [2.45, 2.75) is 13.3 Å². The molecule has 2 rings (SSSR count). The van der Waals surface area contributed by atoms with Gasteiger partial charge < -0.3 is 10.4 Å².